The minimum Gasteiger partial charge on any atom is -0.481 e. The number of hydrogen-bond acceptors (Lipinski definition) is 3. The Bertz CT molecular complexity index is 977. The van der Waals surface area contributed by atoms with Crippen LogP contribution in [0.2, 0.25) is 0 Å². The lowest BCUT2D eigenvalue weighted by atomic mass is 10.2. The van der Waals surface area contributed by atoms with Gasteiger partial charge < -0.3 is 19.5 Å². The molecule has 6 heteroatoms. The summed E-state index contributed by atoms with van der Waals surface area (Å²) in [7, 11) is 0. The van der Waals surface area contributed by atoms with Crippen LogP contribution in [0.3, 0.4) is 0 Å². The highest BCUT2D eigenvalue weighted by molar-refractivity contribution is 5.96. The molecule has 0 radical (unpaired) electrons. The molecule has 1 N–H and O–H groups in total. The number of carbonyl (C=O) groups excluding carboxylic acids is 2. The van der Waals surface area contributed by atoms with Crippen LogP contribution in [0, 0.1) is 0 Å². The zero-order valence-electron chi connectivity index (χ0n) is 17.1. The molecule has 152 valence electrons. The molecule has 1 aromatic heterocycles. The number of benzene rings is 2. The highest BCUT2D eigenvalue weighted by Crippen LogP contribution is 2.21. The molecular formula is C23H27N3O3. The van der Waals surface area contributed by atoms with E-state index in [0.717, 1.165) is 10.9 Å². The van der Waals surface area contributed by atoms with E-state index in [2.05, 4.69) is 5.32 Å². The molecular weight excluding hydrogens is 366 g/mol. The second-order valence-corrected chi connectivity index (χ2v) is 6.85. The van der Waals surface area contributed by atoms with E-state index in [-0.39, 0.29) is 11.8 Å². The van der Waals surface area contributed by atoms with Crippen LogP contribution in [0.4, 0.5) is 5.69 Å². The Morgan fingerprint density at radius 2 is 1.79 bits per heavy atom. The van der Waals surface area contributed by atoms with Crippen molar-refractivity contribution in [1.82, 2.24) is 9.47 Å². The van der Waals surface area contributed by atoms with Crippen molar-refractivity contribution < 1.29 is 14.3 Å². The predicted molar refractivity (Wildman–Crippen MR) is 115 cm³/mol. The molecule has 0 spiro atoms. The predicted octanol–water partition coefficient (Wildman–Crippen LogP) is 3.92. The van der Waals surface area contributed by atoms with Crippen molar-refractivity contribution in [2.75, 3.05) is 18.4 Å². The number of hydrogen-bond donors (Lipinski definition) is 1. The van der Waals surface area contributed by atoms with Crippen LogP contribution < -0.4 is 10.1 Å². The van der Waals surface area contributed by atoms with Gasteiger partial charge in [-0.3, -0.25) is 9.59 Å². The van der Waals surface area contributed by atoms with Crippen LogP contribution in [-0.4, -0.2) is 40.5 Å². The van der Waals surface area contributed by atoms with Crippen molar-refractivity contribution in [3.05, 3.63) is 60.8 Å². The molecule has 0 bridgehead atoms. The third-order valence-corrected chi connectivity index (χ3v) is 4.89. The monoisotopic (exact) mass is 393 g/mol. The minimum atomic E-state index is -0.621. The van der Waals surface area contributed by atoms with Crippen molar-refractivity contribution in [2.45, 2.75) is 33.4 Å². The first kappa shape index (κ1) is 20.5. The quantitative estimate of drug-likeness (QED) is 0.631. The number of para-hydroxylation sites is 1. The molecule has 0 saturated carbocycles. The highest BCUT2D eigenvalue weighted by atomic mass is 16.5. The largest absolute Gasteiger partial charge is 0.481 e. The van der Waals surface area contributed by atoms with E-state index >= 15 is 0 Å². The van der Waals surface area contributed by atoms with Gasteiger partial charge in [0, 0.05) is 35.9 Å². The Balaban J connectivity index is 1.67. The van der Waals surface area contributed by atoms with Gasteiger partial charge in [-0.15, -0.1) is 0 Å². The van der Waals surface area contributed by atoms with Crippen molar-refractivity contribution in [1.29, 1.82) is 0 Å². The molecule has 2 amide bonds. The maximum atomic E-state index is 12.5. The number of fused-ring (bicyclic) bond motifs is 1. The normalized spacial score (nSPS) is 11.8. The molecule has 1 unspecified atom stereocenters. The van der Waals surface area contributed by atoms with Gasteiger partial charge in [-0.2, -0.15) is 0 Å². The van der Waals surface area contributed by atoms with Crippen molar-refractivity contribution in [2.24, 2.45) is 0 Å². The van der Waals surface area contributed by atoms with Gasteiger partial charge in [0.1, 0.15) is 12.3 Å². The summed E-state index contributed by atoms with van der Waals surface area (Å²) in [5.74, 6) is 0.529. The van der Waals surface area contributed by atoms with E-state index in [0.29, 0.717) is 31.1 Å². The Labute approximate surface area is 171 Å². The molecule has 2 aromatic carbocycles. The molecule has 6 nitrogen and oxygen atoms in total. The number of anilines is 1. The Hall–Kier alpha value is -3.28. The topological polar surface area (TPSA) is 63.6 Å². The van der Waals surface area contributed by atoms with E-state index in [9.17, 15) is 9.59 Å². The molecule has 0 aliphatic carbocycles. The molecule has 1 heterocycles. The fourth-order valence-corrected chi connectivity index (χ4v) is 3.24. The van der Waals surface area contributed by atoms with Gasteiger partial charge in [0.2, 0.25) is 5.91 Å². The molecule has 0 aliphatic heterocycles. The summed E-state index contributed by atoms with van der Waals surface area (Å²) in [6.45, 7) is 7.39. The average Bonchev–Trinajstić information content (AvgIpc) is 3.11. The summed E-state index contributed by atoms with van der Waals surface area (Å²) in [4.78, 5) is 26.7. The lowest BCUT2D eigenvalue weighted by molar-refractivity contribution is -0.131. The number of carbonyl (C=O) groups is 2. The lowest BCUT2D eigenvalue weighted by Gasteiger charge is -2.19. The van der Waals surface area contributed by atoms with Crippen molar-refractivity contribution in [3.63, 3.8) is 0 Å². The second kappa shape index (κ2) is 9.28. The first-order valence-electron chi connectivity index (χ1n) is 9.91. The molecule has 3 rings (SSSR count). The summed E-state index contributed by atoms with van der Waals surface area (Å²) in [5, 5.41) is 3.86. The third-order valence-electron chi connectivity index (χ3n) is 4.89. The zero-order valence-corrected chi connectivity index (χ0v) is 17.1. The van der Waals surface area contributed by atoms with Gasteiger partial charge >= 0.3 is 0 Å². The summed E-state index contributed by atoms with van der Waals surface area (Å²) in [6, 6.07) is 16.9. The van der Waals surface area contributed by atoms with Crippen LogP contribution in [0.25, 0.3) is 10.9 Å². The number of ether oxygens (including phenoxy) is 1. The fraction of sp³-hybridized carbons (Fsp3) is 0.304. The van der Waals surface area contributed by atoms with Gasteiger partial charge in [-0.1, -0.05) is 18.2 Å². The molecule has 0 fully saturated rings. The van der Waals surface area contributed by atoms with Gasteiger partial charge in [0.25, 0.3) is 5.91 Å². The number of aromatic nitrogens is 1. The van der Waals surface area contributed by atoms with E-state index in [1.165, 1.54) is 0 Å². The summed E-state index contributed by atoms with van der Waals surface area (Å²) in [5.41, 5.74) is 1.65. The first-order valence-corrected chi connectivity index (χ1v) is 9.91. The first-order chi connectivity index (χ1) is 14.0. The SMILES string of the molecule is CCN(CC)C(=O)Cn1ccc2cc(NC(=O)C(C)Oc3ccccc3)ccc21. The number of nitrogens with one attached hydrogen (secondary N) is 1. The second-order valence-electron chi connectivity index (χ2n) is 6.85. The van der Waals surface area contributed by atoms with Gasteiger partial charge in [0.05, 0.1) is 0 Å². The lowest BCUT2D eigenvalue weighted by Crippen LogP contribution is -2.33. The van der Waals surface area contributed by atoms with Gasteiger partial charge in [-0.25, -0.2) is 0 Å². The van der Waals surface area contributed by atoms with Gasteiger partial charge in [-0.05, 0) is 57.2 Å². The number of likely N-dealkylation sites (N-methyl/N-ethyl adjacent to an activating group) is 1. The summed E-state index contributed by atoms with van der Waals surface area (Å²) < 4.78 is 7.60. The maximum absolute atomic E-state index is 12.5. The summed E-state index contributed by atoms with van der Waals surface area (Å²) >= 11 is 0. The third kappa shape index (κ3) is 4.96. The standard InChI is InChI=1S/C23H27N3O3/c1-4-25(5-2)22(27)16-26-14-13-18-15-19(11-12-21(18)26)24-23(28)17(3)29-20-9-7-6-8-10-20/h6-15,17H,4-5,16H2,1-3H3,(H,24,28). The molecule has 0 saturated heterocycles. The maximum Gasteiger partial charge on any atom is 0.265 e. The van der Waals surface area contributed by atoms with Crippen LogP contribution in [-0.2, 0) is 16.1 Å². The van der Waals surface area contributed by atoms with E-state index < -0.39 is 6.10 Å². The Morgan fingerprint density at radius 1 is 1.07 bits per heavy atom. The molecule has 29 heavy (non-hydrogen) atoms. The Kier molecular flexibility index (Phi) is 6.54. The fourth-order valence-electron chi connectivity index (χ4n) is 3.24. The average molecular weight is 393 g/mol. The minimum absolute atomic E-state index is 0.0942. The van der Waals surface area contributed by atoms with E-state index in [4.69, 9.17) is 4.74 Å². The smallest absolute Gasteiger partial charge is 0.265 e. The van der Waals surface area contributed by atoms with Crippen molar-refractivity contribution >= 4 is 28.4 Å². The Morgan fingerprint density at radius 3 is 2.48 bits per heavy atom. The van der Waals surface area contributed by atoms with Gasteiger partial charge in [0.15, 0.2) is 6.10 Å². The highest BCUT2D eigenvalue weighted by Gasteiger charge is 2.16. The van der Waals surface area contributed by atoms with E-state index in [1.54, 1.807) is 6.92 Å². The van der Waals surface area contributed by atoms with Crippen molar-refractivity contribution in [3.8, 4) is 5.75 Å². The number of amides is 2. The number of rotatable bonds is 8. The van der Waals surface area contributed by atoms with Crippen LogP contribution in [0.15, 0.2) is 60.8 Å². The van der Waals surface area contributed by atoms with Crippen LogP contribution in [0.1, 0.15) is 20.8 Å². The summed E-state index contributed by atoms with van der Waals surface area (Å²) in [6.07, 6.45) is 1.28. The van der Waals surface area contributed by atoms with Crippen LogP contribution in [0.5, 0.6) is 5.75 Å². The molecule has 0 aliphatic rings. The van der Waals surface area contributed by atoms with Crippen LogP contribution >= 0.6 is 0 Å². The van der Waals surface area contributed by atoms with E-state index in [1.807, 2.05) is 84.1 Å². The number of nitrogens with zero attached hydrogens (tertiary/aromatic N) is 2. The zero-order chi connectivity index (χ0) is 20.8. The molecule has 3 aromatic rings. The molecule has 1 atom stereocenters.